The molecule has 4 heteroatoms. The predicted molar refractivity (Wildman–Crippen MR) is 151 cm³/mol. The van der Waals surface area contributed by atoms with Gasteiger partial charge >= 0.3 is 0 Å². The number of hydrogen-bond donors (Lipinski definition) is 1. The molecule has 0 heterocycles. The summed E-state index contributed by atoms with van der Waals surface area (Å²) in [4.78, 5) is 15.6. The third kappa shape index (κ3) is 6.44. The highest BCUT2D eigenvalue weighted by atomic mass is 16.5. The molecule has 1 aliphatic rings. The van der Waals surface area contributed by atoms with Gasteiger partial charge in [0, 0.05) is 23.9 Å². The standard InChI is InChI=1S/C32H38N2O2/c1-5-34(6-2)18-19-36-31-22-30(17-12-24(31)4)33-32(35)28-9-7-8-25-15-16-27(20-29(25)21-28)26-13-10-23(3)11-14-26/h10-17,20-22H,5-9,18-19H2,1-4H3,(H,33,35). The lowest BCUT2D eigenvalue weighted by molar-refractivity contribution is -0.112. The lowest BCUT2D eigenvalue weighted by Gasteiger charge is -2.19. The molecule has 0 fully saturated rings. The lowest BCUT2D eigenvalue weighted by atomic mass is 9.97. The van der Waals surface area contributed by atoms with Crippen LogP contribution in [0.25, 0.3) is 17.2 Å². The van der Waals surface area contributed by atoms with Crippen LogP contribution < -0.4 is 10.1 Å². The summed E-state index contributed by atoms with van der Waals surface area (Å²) in [5.74, 6) is 0.782. The summed E-state index contributed by atoms with van der Waals surface area (Å²) in [5, 5.41) is 3.11. The Morgan fingerprint density at radius 3 is 2.42 bits per heavy atom. The van der Waals surface area contributed by atoms with Gasteiger partial charge in [-0.3, -0.25) is 4.79 Å². The Morgan fingerprint density at radius 1 is 0.917 bits per heavy atom. The number of nitrogens with one attached hydrogen (secondary N) is 1. The number of amides is 1. The Balaban J connectivity index is 1.49. The van der Waals surface area contributed by atoms with Crippen molar-refractivity contribution in [1.82, 2.24) is 4.90 Å². The molecule has 0 saturated heterocycles. The van der Waals surface area contributed by atoms with E-state index in [4.69, 9.17) is 4.74 Å². The topological polar surface area (TPSA) is 41.6 Å². The Bertz CT molecular complexity index is 1220. The van der Waals surface area contributed by atoms with E-state index < -0.39 is 0 Å². The van der Waals surface area contributed by atoms with E-state index in [-0.39, 0.29) is 5.91 Å². The first-order valence-electron chi connectivity index (χ1n) is 13.1. The highest BCUT2D eigenvalue weighted by molar-refractivity contribution is 6.07. The first kappa shape index (κ1) is 25.7. The summed E-state index contributed by atoms with van der Waals surface area (Å²) in [7, 11) is 0. The molecule has 3 aromatic carbocycles. The number of carbonyl (C=O) groups is 1. The molecule has 0 spiro atoms. The minimum atomic E-state index is -0.0402. The molecule has 0 saturated carbocycles. The number of likely N-dealkylation sites (N-methyl/N-ethyl adjacent to an activating group) is 1. The smallest absolute Gasteiger partial charge is 0.251 e. The number of rotatable bonds is 9. The van der Waals surface area contributed by atoms with Crippen molar-refractivity contribution >= 4 is 17.7 Å². The first-order valence-corrected chi connectivity index (χ1v) is 13.1. The van der Waals surface area contributed by atoms with Crippen LogP contribution >= 0.6 is 0 Å². The molecule has 36 heavy (non-hydrogen) atoms. The van der Waals surface area contributed by atoms with Crippen molar-refractivity contribution in [3.05, 3.63) is 88.5 Å². The average Bonchev–Trinajstić information content (AvgIpc) is 3.11. The fraction of sp³-hybridized carbons (Fsp3) is 0.344. The maximum absolute atomic E-state index is 13.3. The second kappa shape index (κ2) is 12.0. The normalized spacial score (nSPS) is 13.1. The number of fused-ring (bicyclic) bond motifs is 1. The third-order valence-electron chi connectivity index (χ3n) is 7.05. The largest absolute Gasteiger partial charge is 0.492 e. The molecule has 0 radical (unpaired) electrons. The van der Waals surface area contributed by atoms with Crippen LogP contribution in [0.2, 0.25) is 0 Å². The van der Waals surface area contributed by atoms with E-state index in [2.05, 4.69) is 79.5 Å². The van der Waals surface area contributed by atoms with Crippen LogP contribution in [0.3, 0.4) is 0 Å². The molecule has 0 unspecified atom stereocenters. The first-order chi connectivity index (χ1) is 17.5. The molecule has 0 bridgehead atoms. The minimum Gasteiger partial charge on any atom is -0.492 e. The third-order valence-corrected chi connectivity index (χ3v) is 7.05. The molecule has 1 aliphatic carbocycles. The van der Waals surface area contributed by atoms with Gasteiger partial charge in [-0.05, 0) is 92.2 Å². The molecular formula is C32H38N2O2. The molecule has 4 nitrogen and oxygen atoms in total. The summed E-state index contributed by atoms with van der Waals surface area (Å²) >= 11 is 0. The van der Waals surface area contributed by atoms with Crippen molar-refractivity contribution < 1.29 is 9.53 Å². The van der Waals surface area contributed by atoms with Gasteiger partial charge in [0.2, 0.25) is 0 Å². The van der Waals surface area contributed by atoms with Gasteiger partial charge in [0.05, 0.1) is 0 Å². The summed E-state index contributed by atoms with van der Waals surface area (Å²) in [5.41, 5.74) is 8.71. The van der Waals surface area contributed by atoms with Crippen molar-refractivity contribution in [3.63, 3.8) is 0 Å². The Morgan fingerprint density at radius 2 is 1.67 bits per heavy atom. The number of anilines is 1. The Hall–Kier alpha value is -3.37. The molecular weight excluding hydrogens is 444 g/mol. The Labute approximate surface area is 216 Å². The van der Waals surface area contributed by atoms with Gasteiger partial charge in [0.15, 0.2) is 0 Å². The van der Waals surface area contributed by atoms with E-state index >= 15 is 0 Å². The highest BCUT2D eigenvalue weighted by Gasteiger charge is 2.16. The maximum atomic E-state index is 13.3. The van der Waals surface area contributed by atoms with E-state index in [1.54, 1.807) is 0 Å². The lowest BCUT2D eigenvalue weighted by Crippen LogP contribution is -2.28. The van der Waals surface area contributed by atoms with Gasteiger partial charge in [-0.2, -0.15) is 0 Å². The second-order valence-electron chi connectivity index (χ2n) is 9.61. The van der Waals surface area contributed by atoms with E-state index in [9.17, 15) is 4.79 Å². The van der Waals surface area contributed by atoms with E-state index in [0.717, 1.165) is 67.0 Å². The van der Waals surface area contributed by atoms with Crippen LogP contribution in [-0.4, -0.2) is 37.0 Å². The molecule has 188 valence electrons. The maximum Gasteiger partial charge on any atom is 0.251 e. The molecule has 0 aromatic heterocycles. The van der Waals surface area contributed by atoms with Gasteiger partial charge in [-0.25, -0.2) is 0 Å². The number of carbonyl (C=O) groups excluding carboxylic acids is 1. The van der Waals surface area contributed by atoms with Crippen LogP contribution in [0.4, 0.5) is 5.69 Å². The van der Waals surface area contributed by atoms with Crippen LogP contribution in [0, 0.1) is 13.8 Å². The van der Waals surface area contributed by atoms with Crippen molar-refractivity contribution in [2.75, 3.05) is 31.6 Å². The van der Waals surface area contributed by atoms with Crippen molar-refractivity contribution in [1.29, 1.82) is 0 Å². The van der Waals surface area contributed by atoms with Crippen molar-refractivity contribution in [2.45, 2.75) is 47.0 Å². The molecule has 3 aromatic rings. The number of nitrogens with zero attached hydrogens (tertiary/aromatic N) is 1. The zero-order valence-electron chi connectivity index (χ0n) is 22.1. The number of ether oxygens (including phenoxy) is 1. The zero-order valence-corrected chi connectivity index (χ0v) is 22.1. The van der Waals surface area contributed by atoms with Crippen molar-refractivity contribution in [2.24, 2.45) is 0 Å². The summed E-state index contributed by atoms with van der Waals surface area (Å²) < 4.78 is 6.06. The fourth-order valence-electron chi connectivity index (χ4n) is 4.66. The highest BCUT2D eigenvalue weighted by Crippen LogP contribution is 2.30. The van der Waals surface area contributed by atoms with E-state index in [1.165, 1.54) is 22.3 Å². The number of benzene rings is 3. The van der Waals surface area contributed by atoms with Crippen LogP contribution in [0.15, 0.2) is 66.2 Å². The van der Waals surface area contributed by atoms with Crippen molar-refractivity contribution in [3.8, 4) is 16.9 Å². The summed E-state index contributed by atoms with van der Waals surface area (Å²) in [6.45, 7) is 12.0. The van der Waals surface area contributed by atoms with Crippen LogP contribution in [0.1, 0.15) is 48.9 Å². The van der Waals surface area contributed by atoms with Gasteiger partial charge in [-0.15, -0.1) is 0 Å². The van der Waals surface area contributed by atoms with Gasteiger partial charge in [-0.1, -0.05) is 61.9 Å². The number of hydrogen-bond acceptors (Lipinski definition) is 3. The Kier molecular flexibility index (Phi) is 8.61. The molecule has 1 N–H and O–H groups in total. The second-order valence-corrected chi connectivity index (χ2v) is 9.61. The molecule has 4 rings (SSSR count). The average molecular weight is 483 g/mol. The fourth-order valence-corrected chi connectivity index (χ4v) is 4.66. The van der Waals surface area contributed by atoms with E-state index in [0.29, 0.717) is 6.61 Å². The summed E-state index contributed by atoms with van der Waals surface area (Å²) in [6.07, 6.45) is 4.78. The SMILES string of the molecule is CCN(CC)CCOc1cc(NC(=O)C2=Cc3cc(-c4ccc(C)cc4)ccc3CCC2)ccc1C. The molecule has 1 amide bonds. The molecule has 0 atom stereocenters. The quantitative estimate of drug-likeness (QED) is 0.355. The van der Waals surface area contributed by atoms with Crippen LogP contribution in [-0.2, 0) is 11.2 Å². The predicted octanol–water partition coefficient (Wildman–Crippen LogP) is 7.05. The van der Waals surface area contributed by atoms with Gasteiger partial charge in [0.1, 0.15) is 12.4 Å². The summed E-state index contributed by atoms with van der Waals surface area (Å²) in [6, 6.07) is 21.1. The molecule has 0 aliphatic heterocycles. The monoisotopic (exact) mass is 482 g/mol. The van der Waals surface area contributed by atoms with Gasteiger partial charge < -0.3 is 15.0 Å². The minimum absolute atomic E-state index is 0.0402. The zero-order chi connectivity index (χ0) is 25.5. The number of aryl methyl sites for hydroxylation is 3. The van der Waals surface area contributed by atoms with Gasteiger partial charge in [0.25, 0.3) is 5.91 Å². The van der Waals surface area contributed by atoms with Crippen LogP contribution in [0.5, 0.6) is 5.75 Å². The van der Waals surface area contributed by atoms with E-state index in [1.807, 2.05) is 25.1 Å².